The maximum Gasteiger partial charge on any atom is 0.287 e. The molecule has 1 aromatic rings. The van der Waals surface area contributed by atoms with Crippen molar-refractivity contribution < 1.29 is 13.5 Å². The second kappa shape index (κ2) is 4.78. The van der Waals surface area contributed by atoms with Crippen molar-refractivity contribution in [1.82, 2.24) is 0 Å². The van der Waals surface area contributed by atoms with E-state index in [-0.39, 0.29) is 5.56 Å². The third kappa shape index (κ3) is 2.50. The normalized spacial score (nSPS) is 13.6. The summed E-state index contributed by atoms with van der Waals surface area (Å²) in [5, 5.41) is 0. The zero-order chi connectivity index (χ0) is 12.3. The van der Waals surface area contributed by atoms with Crippen LogP contribution in [-0.2, 0) is 5.92 Å². The third-order valence-electron chi connectivity index (χ3n) is 2.43. The monoisotopic (exact) mass is 229 g/mol. The first-order valence-electron chi connectivity index (χ1n) is 5.27. The fraction of sp³-hybridized carbons (Fsp3) is 0.500. The number of benzene rings is 1. The van der Waals surface area contributed by atoms with Crippen LogP contribution in [0.3, 0.4) is 0 Å². The molecule has 0 saturated heterocycles. The van der Waals surface area contributed by atoms with E-state index in [0.717, 1.165) is 0 Å². The first-order chi connectivity index (χ1) is 7.39. The van der Waals surface area contributed by atoms with Crippen LogP contribution in [0.4, 0.5) is 8.78 Å². The summed E-state index contributed by atoms with van der Waals surface area (Å²) in [5.74, 6) is -2.37. The topological polar surface area (TPSA) is 35.2 Å². The molecule has 0 radical (unpaired) electrons. The van der Waals surface area contributed by atoms with Crippen molar-refractivity contribution in [1.29, 1.82) is 0 Å². The molecule has 0 aliphatic heterocycles. The summed E-state index contributed by atoms with van der Waals surface area (Å²) in [6.45, 7) is 5.41. The summed E-state index contributed by atoms with van der Waals surface area (Å²) in [7, 11) is 0. The van der Waals surface area contributed by atoms with E-state index in [9.17, 15) is 8.78 Å². The van der Waals surface area contributed by atoms with Gasteiger partial charge in [-0.1, -0.05) is 0 Å². The summed E-state index contributed by atoms with van der Waals surface area (Å²) in [4.78, 5) is 0. The van der Waals surface area contributed by atoms with Gasteiger partial charge >= 0.3 is 0 Å². The zero-order valence-electron chi connectivity index (χ0n) is 9.76. The van der Waals surface area contributed by atoms with Crippen molar-refractivity contribution in [2.45, 2.75) is 32.7 Å². The van der Waals surface area contributed by atoms with Crippen molar-refractivity contribution in [2.75, 3.05) is 6.61 Å². The van der Waals surface area contributed by atoms with Gasteiger partial charge in [-0.2, -0.15) is 8.78 Å². The van der Waals surface area contributed by atoms with Crippen molar-refractivity contribution in [2.24, 2.45) is 5.73 Å². The number of hydrogen-bond donors (Lipinski definition) is 1. The van der Waals surface area contributed by atoms with Crippen LogP contribution < -0.4 is 10.5 Å². The molecule has 0 aromatic heterocycles. The summed E-state index contributed by atoms with van der Waals surface area (Å²) < 4.78 is 32.5. The molecule has 0 saturated carbocycles. The van der Waals surface area contributed by atoms with Gasteiger partial charge in [-0.15, -0.1) is 0 Å². The molecular formula is C12H17F2NO. The Hall–Kier alpha value is -1.16. The van der Waals surface area contributed by atoms with Gasteiger partial charge in [-0.3, -0.25) is 0 Å². The highest BCUT2D eigenvalue weighted by molar-refractivity contribution is 5.38. The predicted octanol–water partition coefficient (Wildman–Crippen LogP) is 2.83. The van der Waals surface area contributed by atoms with E-state index < -0.39 is 12.0 Å². The molecule has 16 heavy (non-hydrogen) atoms. The van der Waals surface area contributed by atoms with Gasteiger partial charge in [-0.05, 0) is 44.5 Å². The van der Waals surface area contributed by atoms with Gasteiger partial charge in [0, 0.05) is 5.56 Å². The Morgan fingerprint density at radius 2 is 2.06 bits per heavy atom. The molecule has 90 valence electrons. The van der Waals surface area contributed by atoms with E-state index in [2.05, 4.69) is 0 Å². The van der Waals surface area contributed by atoms with Crippen molar-refractivity contribution in [3.05, 3.63) is 29.3 Å². The molecule has 2 nitrogen and oxygen atoms in total. The summed E-state index contributed by atoms with van der Waals surface area (Å²) in [6, 6.07) is 3.14. The SMILES string of the molecule is CCOc1ccc(C(F)(F)C(C)N)cc1C. The molecule has 1 rings (SSSR count). The average Bonchev–Trinajstić information content (AvgIpc) is 2.21. The molecule has 1 aromatic carbocycles. The van der Waals surface area contributed by atoms with E-state index in [1.54, 1.807) is 13.0 Å². The van der Waals surface area contributed by atoms with Gasteiger partial charge < -0.3 is 10.5 Å². The van der Waals surface area contributed by atoms with Crippen LogP contribution in [-0.4, -0.2) is 12.6 Å². The largest absolute Gasteiger partial charge is 0.494 e. The number of nitrogens with two attached hydrogens (primary N) is 1. The number of hydrogen-bond acceptors (Lipinski definition) is 2. The van der Waals surface area contributed by atoms with E-state index in [1.807, 2.05) is 6.92 Å². The molecule has 0 heterocycles. The van der Waals surface area contributed by atoms with Crippen molar-refractivity contribution >= 4 is 0 Å². The fourth-order valence-corrected chi connectivity index (χ4v) is 1.44. The van der Waals surface area contributed by atoms with Gasteiger partial charge in [0.15, 0.2) is 0 Å². The average molecular weight is 229 g/mol. The molecule has 0 spiro atoms. The molecule has 1 unspecified atom stereocenters. The van der Waals surface area contributed by atoms with Crippen LogP contribution in [0.2, 0.25) is 0 Å². The second-order valence-corrected chi connectivity index (χ2v) is 3.82. The minimum atomic E-state index is -3.00. The second-order valence-electron chi connectivity index (χ2n) is 3.82. The zero-order valence-corrected chi connectivity index (χ0v) is 9.76. The van der Waals surface area contributed by atoms with Crippen LogP contribution in [0.25, 0.3) is 0 Å². The van der Waals surface area contributed by atoms with Gasteiger partial charge in [0.1, 0.15) is 5.75 Å². The van der Waals surface area contributed by atoms with E-state index in [0.29, 0.717) is 17.9 Å². The lowest BCUT2D eigenvalue weighted by atomic mass is 10.0. The van der Waals surface area contributed by atoms with Gasteiger partial charge in [-0.25, -0.2) is 0 Å². The molecule has 0 fully saturated rings. The first-order valence-corrected chi connectivity index (χ1v) is 5.27. The number of aryl methyl sites for hydroxylation is 1. The van der Waals surface area contributed by atoms with Crippen LogP contribution >= 0.6 is 0 Å². The van der Waals surface area contributed by atoms with Crippen LogP contribution in [0.1, 0.15) is 25.0 Å². The Morgan fingerprint density at radius 3 is 2.50 bits per heavy atom. The molecule has 0 amide bonds. The highest BCUT2D eigenvalue weighted by atomic mass is 19.3. The van der Waals surface area contributed by atoms with Crippen molar-refractivity contribution in [3.63, 3.8) is 0 Å². The predicted molar refractivity (Wildman–Crippen MR) is 59.9 cm³/mol. The Kier molecular flexibility index (Phi) is 3.86. The molecule has 0 bridgehead atoms. The maximum atomic E-state index is 13.6. The lowest BCUT2D eigenvalue weighted by molar-refractivity contribution is -0.0257. The molecule has 0 aliphatic carbocycles. The fourth-order valence-electron chi connectivity index (χ4n) is 1.44. The van der Waals surface area contributed by atoms with Gasteiger partial charge in [0.25, 0.3) is 5.92 Å². The summed E-state index contributed by atoms with van der Waals surface area (Å²) in [6.07, 6.45) is 0. The lowest BCUT2D eigenvalue weighted by Crippen LogP contribution is -2.35. The quantitative estimate of drug-likeness (QED) is 0.861. The number of alkyl halides is 2. The summed E-state index contributed by atoms with van der Waals surface area (Å²) in [5.41, 5.74) is 5.90. The minimum Gasteiger partial charge on any atom is -0.494 e. The van der Waals surface area contributed by atoms with Crippen LogP contribution in [0.15, 0.2) is 18.2 Å². The number of rotatable bonds is 4. The van der Waals surface area contributed by atoms with Crippen molar-refractivity contribution in [3.8, 4) is 5.75 Å². The van der Waals surface area contributed by atoms with E-state index in [4.69, 9.17) is 10.5 Å². The van der Waals surface area contributed by atoms with Gasteiger partial charge in [0.2, 0.25) is 0 Å². The number of ether oxygens (including phenoxy) is 1. The molecule has 1 atom stereocenters. The Balaban J connectivity index is 3.05. The number of halogens is 2. The maximum absolute atomic E-state index is 13.6. The van der Waals surface area contributed by atoms with E-state index >= 15 is 0 Å². The molecule has 0 aliphatic rings. The molecule has 2 N–H and O–H groups in total. The first kappa shape index (κ1) is 12.9. The van der Waals surface area contributed by atoms with Crippen LogP contribution in [0.5, 0.6) is 5.75 Å². The van der Waals surface area contributed by atoms with Gasteiger partial charge in [0.05, 0.1) is 12.6 Å². The van der Waals surface area contributed by atoms with E-state index in [1.165, 1.54) is 19.1 Å². The molecular weight excluding hydrogens is 212 g/mol. The third-order valence-corrected chi connectivity index (χ3v) is 2.43. The van der Waals surface area contributed by atoms with Crippen LogP contribution in [0, 0.1) is 6.92 Å². The smallest absolute Gasteiger partial charge is 0.287 e. The standard InChI is InChI=1S/C12H17F2NO/c1-4-16-11-6-5-10(7-8(11)2)12(13,14)9(3)15/h5-7,9H,4,15H2,1-3H3. The Labute approximate surface area is 94.4 Å². The lowest BCUT2D eigenvalue weighted by Gasteiger charge is -2.21. The Bertz CT molecular complexity index is 364. The minimum absolute atomic E-state index is 0.0662. The summed E-state index contributed by atoms with van der Waals surface area (Å²) >= 11 is 0. The molecule has 4 heteroatoms. The highest BCUT2D eigenvalue weighted by Gasteiger charge is 2.36. The Morgan fingerprint density at radius 1 is 1.44 bits per heavy atom. The highest BCUT2D eigenvalue weighted by Crippen LogP contribution is 2.33.